The third-order valence-corrected chi connectivity index (χ3v) is 2.69. The molecule has 0 unspecified atom stereocenters. The van der Waals surface area contributed by atoms with Gasteiger partial charge >= 0.3 is 0 Å². The maximum absolute atomic E-state index is 12.9. The number of aliphatic hydroxyl groups is 1. The molecule has 0 saturated heterocycles. The molecule has 1 aromatic carbocycles. The lowest BCUT2D eigenvalue weighted by molar-refractivity contribution is 0.0694. The fraction of sp³-hybridized carbons (Fsp3) is 0.462. The number of hydrogen-bond acceptors (Lipinski definition) is 3. The van der Waals surface area contributed by atoms with Crippen LogP contribution in [0.25, 0.3) is 0 Å². The van der Waals surface area contributed by atoms with Gasteiger partial charge in [0, 0.05) is 24.9 Å². The predicted molar refractivity (Wildman–Crippen MR) is 68.7 cm³/mol. The molecule has 1 amide bonds. The van der Waals surface area contributed by atoms with E-state index in [1.807, 2.05) is 13.8 Å². The van der Waals surface area contributed by atoms with Crippen LogP contribution in [0.1, 0.15) is 30.6 Å². The smallest absolute Gasteiger partial charge is 0.256 e. The number of aliphatic hydroxyl groups excluding tert-OH is 1. The molecule has 0 radical (unpaired) electrons. The van der Waals surface area contributed by atoms with Crippen molar-refractivity contribution >= 4 is 11.6 Å². The molecule has 0 saturated carbocycles. The number of rotatable bonds is 5. The second-order valence-electron chi connectivity index (χ2n) is 4.40. The molecule has 0 atom stereocenters. The molecule has 100 valence electrons. The molecular weight excluding hydrogens is 235 g/mol. The highest BCUT2D eigenvalue weighted by Gasteiger charge is 2.20. The summed E-state index contributed by atoms with van der Waals surface area (Å²) in [6.07, 6.45) is 0.505. The van der Waals surface area contributed by atoms with Gasteiger partial charge in [-0.1, -0.05) is 0 Å². The average molecular weight is 254 g/mol. The minimum atomic E-state index is -0.462. The number of carbonyl (C=O) groups excluding carboxylic acids is 1. The molecule has 0 heterocycles. The van der Waals surface area contributed by atoms with Crippen LogP contribution in [0.15, 0.2) is 18.2 Å². The number of nitrogen functional groups attached to an aromatic ring is 1. The van der Waals surface area contributed by atoms with Crippen LogP contribution in [0.2, 0.25) is 0 Å². The van der Waals surface area contributed by atoms with Gasteiger partial charge in [0.15, 0.2) is 0 Å². The average Bonchev–Trinajstić information content (AvgIpc) is 2.28. The SMILES string of the molecule is CC(C)N(CCCO)C(=O)c1ccc(F)cc1N. The first-order valence-electron chi connectivity index (χ1n) is 5.94. The minimum Gasteiger partial charge on any atom is -0.398 e. The summed E-state index contributed by atoms with van der Waals surface area (Å²) in [7, 11) is 0. The molecule has 0 fully saturated rings. The van der Waals surface area contributed by atoms with E-state index in [9.17, 15) is 9.18 Å². The summed E-state index contributed by atoms with van der Waals surface area (Å²) in [6, 6.07) is 3.74. The van der Waals surface area contributed by atoms with Crippen LogP contribution in [0.5, 0.6) is 0 Å². The van der Waals surface area contributed by atoms with Gasteiger partial charge in [0.2, 0.25) is 0 Å². The van der Waals surface area contributed by atoms with Gasteiger partial charge in [-0.25, -0.2) is 4.39 Å². The van der Waals surface area contributed by atoms with Crippen LogP contribution in [0.4, 0.5) is 10.1 Å². The van der Waals surface area contributed by atoms with Crippen LogP contribution in [0.3, 0.4) is 0 Å². The quantitative estimate of drug-likeness (QED) is 0.785. The Bertz CT molecular complexity index is 421. The third-order valence-electron chi connectivity index (χ3n) is 2.69. The molecule has 3 N–H and O–H groups in total. The van der Waals surface area contributed by atoms with Crippen molar-refractivity contribution in [2.45, 2.75) is 26.3 Å². The molecule has 0 aromatic heterocycles. The monoisotopic (exact) mass is 254 g/mol. The topological polar surface area (TPSA) is 66.6 Å². The lowest BCUT2D eigenvalue weighted by Crippen LogP contribution is -2.38. The molecule has 0 aliphatic rings. The molecule has 0 aliphatic heterocycles. The van der Waals surface area contributed by atoms with Crippen molar-refractivity contribution in [3.63, 3.8) is 0 Å². The third kappa shape index (κ3) is 3.43. The highest BCUT2D eigenvalue weighted by Crippen LogP contribution is 2.17. The van der Waals surface area contributed by atoms with Crippen molar-refractivity contribution in [2.75, 3.05) is 18.9 Å². The lowest BCUT2D eigenvalue weighted by Gasteiger charge is -2.27. The molecule has 5 heteroatoms. The summed E-state index contributed by atoms with van der Waals surface area (Å²) < 4.78 is 12.9. The largest absolute Gasteiger partial charge is 0.398 e. The number of carbonyl (C=O) groups is 1. The molecule has 0 spiro atoms. The Morgan fingerprint density at radius 1 is 1.50 bits per heavy atom. The Morgan fingerprint density at radius 2 is 2.17 bits per heavy atom. The number of amides is 1. The molecular formula is C13H19FN2O2. The zero-order valence-corrected chi connectivity index (χ0v) is 10.7. The van der Waals surface area contributed by atoms with Crippen LogP contribution in [-0.2, 0) is 0 Å². The van der Waals surface area contributed by atoms with Crippen molar-refractivity contribution in [1.82, 2.24) is 4.90 Å². The Hall–Kier alpha value is -1.62. The first kappa shape index (κ1) is 14.4. The Labute approximate surface area is 106 Å². The summed E-state index contributed by atoms with van der Waals surface area (Å²) in [6.45, 7) is 4.24. The first-order valence-corrected chi connectivity index (χ1v) is 5.94. The van der Waals surface area contributed by atoms with Gasteiger partial charge < -0.3 is 15.7 Å². The van der Waals surface area contributed by atoms with Gasteiger partial charge in [-0.2, -0.15) is 0 Å². The summed E-state index contributed by atoms with van der Waals surface area (Å²) in [5.41, 5.74) is 6.08. The van der Waals surface area contributed by atoms with Gasteiger partial charge in [-0.15, -0.1) is 0 Å². The Kier molecular flexibility index (Phi) is 5.09. The van der Waals surface area contributed by atoms with Crippen LogP contribution in [-0.4, -0.2) is 35.1 Å². The van der Waals surface area contributed by atoms with Crippen molar-refractivity contribution in [2.24, 2.45) is 0 Å². The second kappa shape index (κ2) is 6.35. The fourth-order valence-corrected chi connectivity index (χ4v) is 1.72. The van der Waals surface area contributed by atoms with Gasteiger partial charge in [0.05, 0.1) is 5.56 Å². The van der Waals surface area contributed by atoms with Gasteiger partial charge in [0.1, 0.15) is 5.82 Å². The van der Waals surface area contributed by atoms with E-state index < -0.39 is 5.82 Å². The zero-order chi connectivity index (χ0) is 13.7. The number of anilines is 1. The van der Waals surface area contributed by atoms with Crippen molar-refractivity contribution < 1.29 is 14.3 Å². The van der Waals surface area contributed by atoms with Crippen molar-refractivity contribution in [3.8, 4) is 0 Å². The summed E-state index contributed by atoms with van der Waals surface area (Å²) >= 11 is 0. The maximum atomic E-state index is 12.9. The maximum Gasteiger partial charge on any atom is 0.256 e. The van der Waals surface area contributed by atoms with E-state index in [-0.39, 0.29) is 24.2 Å². The number of nitrogens with zero attached hydrogens (tertiary/aromatic N) is 1. The van der Waals surface area contributed by atoms with Crippen molar-refractivity contribution in [1.29, 1.82) is 0 Å². The minimum absolute atomic E-state index is 0.00602. The summed E-state index contributed by atoms with van der Waals surface area (Å²) in [5.74, 6) is -0.702. The molecule has 0 bridgehead atoms. The fourth-order valence-electron chi connectivity index (χ4n) is 1.72. The highest BCUT2D eigenvalue weighted by atomic mass is 19.1. The predicted octanol–water partition coefficient (Wildman–Crippen LogP) is 1.64. The number of halogens is 1. The van der Waals surface area contributed by atoms with Gasteiger partial charge in [0.25, 0.3) is 5.91 Å². The summed E-state index contributed by atoms with van der Waals surface area (Å²) in [5, 5.41) is 8.83. The van der Waals surface area contributed by atoms with Crippen LogP contribution in [0, 0.1) is 5.82 Å². The van der Waals surface area contributed by atoms with Crippen LogP contribution < -0.4 is 5.73 Å². The van der Waals surface area contributed by atoms with E-state index in [1.54, 1.807) is 4.90 Å². The number of benzene rings is 1. The first-order chi connectivity index (χ1) is 8.47. The molecule has 1 rings (SSSR count). The standard InChI is InChI=1S/C13H19FN2O2/c1-9(2)16(6-3-7-17)13(18)11-5-4-10(14)8-12(11)15/h4-5,8-9,17H,3,6-7,15H2,1-2H3. The normalized spacial score (nSPS) is 10.7. The molecule has 0 aliphatic carbocycles. The van der Waals surface area contributed by atoms with E-state index in [0.717, 1.165) is 6.07 Å². The number of nitrogens with two attached hydrogens (primary N) is 1. The van der Waals surface area contributed by atoms with E-state index >= 15 is 0 Å². The molecule has 1 aromatic rings. The zero-order valence-electron chi connectivity index (χ0n) is 10.7. The Balaban J connectivity index is 2.94. The number of hydrogen-bond donors (Lipinski definition) is 2. The summed E-state index contributed by atoms with van der Waals surface area (Å²) in [4.78, 5) is 13.9. The Morgan fingerprint density at radius 3 is 2.67 bits per heavy atom. The van der Waals surface area contributed by atoms with Gasteiger partial charge in [-0.05, 0) is 38.5 Å². The second-order valence-corrected chi connectivity index (χ2v) is 4.40. The molecule has 18 heavy (non-hydrogen) atoms. The van der Waals surface area contributed by atoms with Gasteiger partial charge in [-0.3, -0.25) is 4.79 Å². The highest BCUT2D eigenvalue weighted by molar-refractivity contribution is 5.99. The van der Waals surface area contributed by atoms with E-state index in [1.165, 1.54) is 12.1 Å². The lowest BCUT2D eigenvalue weighted by atomic mass is 10.1. The molecule has 4 nitrogen and oxygen atoms in total. The van der Waals surface area contributed by atoms with Crippen LogP contribution >= 0.6 is 0 Å². The van der Waals surface area contributed by atoms with E-state index in [2.05, 4.69) is 0 Å². The van der Waals surface area contributed by atoms with Crippen molar-refractivity contribution in [3.05, 3.63) is 29.6 Å². The van der Waals surface area contributed by atoms with E-state index in [0.29, 0.717) is 18.5 Å². The van der Waals surface area contributed by atoms with E-state index in [4.69, 9.17) is 10.8 Å².